The van der Waals surface area contributed by atoms with Crippen LogP contribution < -0.4 is 9.64 Å². The standard InChI is InChI=1S/C35H32N6O2/c1(11-40-20-29-17-28(40)21-42-29)2-12-41-32-9-5-24(22-3-7-30-26(13-22)18-36-38-30)15-34(32)43-35-16-25(6-10-33(35)41)23-4-8-31-27(14-23)19-37-39-31/h3-10,13-16,18-19,28-29H,1-2,11-12,17,20-21H2,(H,36,38)(H,37,39)/t28-,29-/m0/s1. The van der Waals surface area contributed by atoms with Gasteiger partial charge in [-0.3, -0.25) is 15.1 Å². The predicted octanol–water partition coefficient (Wildman–Crippen LogP) is 7.27. The molecule has 0 amide bonds. The number of unbranched alkanes of at least 4 members (excludes halogenated alkanes) is 1. The molecule has 3 aliphatic rings. The second-order valence-electron chi connectivity index (χ2n) is 12.0. The van der Waals surface area contributed by atoms with Crippen LogP contribution in [0.4, 0.5) is 11.4 Å². The first-order valence-electron chi connectivity index (χ1n) is 15.2. The SMILES string of the molecule is c1cc2c(cc1-c1ccc3[nH]ncc3c1)Oc1cc(-c3ccc4[nH]ncc4c3)ccc1N2CCCCN1C[C@@H]2C[C@H]1CO2. The van der Waals surface area contributed by atoms with Gasteiger partial charge < -0.3 is 14.4 Å². The van der Waals surface area contributed by atoms with E-state index >= 15 is 0 Å². The number of morpholine rings is 1. The zero-order valence-electron chi connectivity index (χ0n) is 23.8. The Labute approximate surface area is 249 Å². The van der Waals surface area contributed by atoms with E-state index in [4.69, 9.17) is 9.47 Å². The Hall–Kier alpha value is -4.66. The molecule has 2 atom stereocenters. The van der Waals surface area contributed by atoms with Gasteiger partial charge in [-0.15, -0.1) is 0 Å². The third-order valence-corrected chi connectivity index (χ3v) is 9.36. The lowest BCUT2D eigenvalue weighted by Crippen LogP contribution is -2.37. The average molecular weight is 569 g/mol. The number of aromatic amines is 2. The van der Waals surface area contributed by atoms with Crippen molar-refractivity contribution in [3.05, 3.63) is 85.2 Å². The van der Waals surface area contributed by atoms with E-state index in [1.165, 1.54) is 6.42 Å². The lowest BCUT2D eigenvalue weighted by atomic mass is 10.0. The number of anilines is 2. The van der Waals surface area contributed by atoms with Crippen molar-refractivity contribution in [1.82, 2.24) is 25.3 Å². The normalized spacial score (nSPS) is 19.2. The van der Waals surface area contributed by atoms with Gasteiger partial charge in [0.15, 0.2) is 11.5 Å². The maximum absolute atomic E-state index is 6.70. The highest BCUT2D eigenvalue weighted by Gasteiger charge is 2.38. The predicted molar refractivity (Wildman–Crippen MR) is 169 cm³/mol. The minimum Gasteiger partial charge on any atom is -0.453 e. The molecular formula is C35H32N6O2. The summed E-state index contributed by atoms with van der Waals surface area (Å²) in [6, 6.07) is 26.6. The molecule has 0 unspecified atom stereocenters. The zero-order chi connectivity index (χ0) is 28.3. The highest BCUT2D eigenvalue weighted by Crippen LogP contribution is 2.49. The number of H-pyrrole nitrogens is 2. The van der Waals surface area contributed by atoms with Crippen molar-refractivity contribution in [3.8, 4) is 33.8 Å². The Morgan fingerprint density at radius 3 is 1.86 bits per heavy atom. The molecule has 2 N–H and O–H groups in total. The van der Waals surface area contributed by atoms with Gasteiger partial charge in [0, 0.05) is 29.9 Å². The molecule has 4 aromatic carbocycles. The van der Waals surface area contributed by atoms with Crippen LogP contribution in [0.3, 0.4) is 0 Å². The first-order chi connectivity index (χ1) is 21.2. The summed E-state index contributed by atoms with van der Waals surface area (Å²) in [7, 11) is 0. The summed E-state index contributed by atoms with van der Waals surface area (Å²) in [5.41, 5.74) is 8.83. The molecule has 9 rings (SSSR count). The van der Waals surface area contributed by atoms with Crippen LogP contribution in [0.1, 0.15) is 19.3 Å². The number of nitrogens with one attached hydrogen (secondary N) is 2. The molecule has 2 aromatic heterocycles. The van der Waals surface area contributed by atoms with Gasteiger partial charge in [-0.1, -0.05) is 24.3 Å². The maximum atomic E-state index is 6.70. The van der Waals surface area contributed by atoms with E-state index in [2.05, 4.69) is 103 Å². The van der Waals surface area contributed by atoms with Crippen molar-refractivity contribution in [2.45, 2.75) is 31.4 Å². The van der Waals surface area contributed by atoms with Crippen molar-refractivity contribution in [3.63, 3.8) is 0 Å². The maximum Gasteiger partial charge on any atom is 0.151 e. The summed E-state index contributed by atoms with van der Waals surface area (Å²) in [5, 5.41) is 16.7. The molecule has 8 nitrogen and oxygen atoms in total. The van der Waals surface area contributed by atoms with Crippen molar-refractivity contribution in [2.75, 3.05) is 31.1 Å². The molecule has 8 heteroatoms. The lowest BCUT2D eigenvalue weighted by molar-refractivity contribution is 0.0301. The number of likely N-dealkylation sites (tertiary alicyclic amines) is 1. The average Bonchev–Trinajstić information content (AvgIpc) is 3.86. The number of rotatable bonds is 7. The Balaban J connectivity index is 1.04. The van der Waals surface area contributed by atoms with Crippen LogP contribution in [0.2, 0.25) is 0 Å². The molecular weight excluding hydrogens is 536 g/mol. The van der Waals surface area contributed by atoms with Crippen molar-refractivity contribution in [2.24, 2.45) is 0 Å². The highest BCUT2D eigenvalue weighted by molar-refractivity contribution is 5.88. The van der Waals surface area contributed by atoms with Crippen molar-refractivity contribution < 1.29 is 9.47 Å². The van der Waals surface area contributed by atoms with E-state index in [-0.39, 0.29) is 0 Å². The van der Waals surface area contributed by atoms with Gasteiger partial charge in [0.25, 0.3) is 0 Å². The molecule has 0 radical (unpaired) electrons. The molecule has 0 spiro atoms. The van der Waals surface area contributed by atoms with Gasteiger partial charge in [-0.2, -0.15) is 10.2 Å². The van der Waals surface area contributed by atoms with E-state index in [1.54, 1.807) is 0 Å². The molecule has 43 heavy (non-hydrogen) atoms. The monoisotopic (exact) mass is 568 g/mol. The van der Waals surface area contributed by atoms with E-state index in [0.29, 0.717) is 12.1 Å². The largest absolute Gasteiger partial charge is 0.453 e. The molecule has 2 saturated heterocycles. The van der Waals surface area contributed by atoms with E-state index < -0.39 is 0 Å². The summed E-state index contributed by atoms with van der Waals surface area (Å²) in [5.74, 6) is 1.77. The number of fused-ring (bicyclic) bond motifs is 6. The van der Waals surface area contributed by atoms with Gasteiger partial charge in [0.2, 0.25) is 0 Å². The highest BCUT2D eigenvalue weighted by atomic mass is 16.5. The van der Waals surface area contributed by atoms with E-state index in [1.807, 2.05) is 12.4 Å². The fraction of sp³-hybridized carbons (Fsp3) is 0.257. The Kier molecular flexibility index (Phi) is 5.77. The van der Waals surface area contributed by atoms with Crippen molar-refractivity contribution in [1.29, 1.82) is 0 Å². The molecule has 3 aliphatic heterocycles. The van der Waals surface area contributed by atoms with Gasteiger partial charge in [0.1, 0.15) is 0 Å². The summed E-state index contributed by atoms with van der Waals surface area (Å²) < 4.78 is 12.5. The number of aromatic nitrogens is 4. The topological polar surface area (TPSA) is 82.3 Å². The molecule has 214 valence electrons. The third-order valence-electron chi connectivity index (χ3n) is 9.36. The second kappa shape index (κ2) is 9.97. The molecule has 2 bridgehead atoms. The summed E-state index contributed by atoms with van der Waals surface area (Å²) in [6.07, 6.45) is 7.66. The zero-order valence-corrected chi connectivity index (χ0v) is 23.8. The minimum atomic E-state index is 0.454. The lowest BCUT2D eigenvalue weighted by Gasteiger charge is -2.34. The quantitative estimate of drug-likeness (QED) is 0.197. The van der Waals surface area contributed by atoms with Gasteiger partial charge >= 0.3 is 0 Å². The molecule has 0 aliphatic carbocycles. The third kappa shape index (κ3) is 4.37. The smallest absolute Gasteiger partial charge is 0.151 e. The Morgan fingerprint density at radius 1 is 0.698 bits per heavy atom. The van der Waals surface area contributed by atoms with Crippen LogP contribution in [0.25, 0.3) is 44.1 Å². The number of hydrogen-bond acceptors (Lipinski definition) is 6. The molecule has 5 heterocycles. The van der Waals surface area contributed by atoms with Gasteiger partial charge in [-0.25, -0.2) is 0 Å². The molecule has 6 aromatic rings. The van der Waals surface area contributed by atoms with Crippen LogP contribution in [0.15, 0.2) is 85.2 Å². The van der Waals surface area contributed by atoms with E-state index in [0.717, 1.165) is 106 Å². The summed E-state index contributed by atoms with van der Waals surface area (Å²) in [4.78, 5) is 5.07. The minimum absolute atomic E-state index is 0.454. The first kappa shape index (κ1) is 24.9. The molecule has 2 fully saturated rings. The summed E-state index contributed by atoms with van der Waals surface area (Å²) in [6.45, 7) is 4.07. The van der Waals surface area contributed by atoms with Gasteiger partial charge in [0.05, 0.1) is 47.5 Å². The number of benzene rings is 4. The fourth-order valence-electron chi connectivity index (χ4n) is 7.07. The second-order valence-corrected chi connectivity index (χ2v) is 12.0. The van der Waals surface area contributed by atoms with Crippen LogP contribution >= 0.6 is 0 Å². The Bertz CT molecular complexity index is 1850. The first-order valence-corrected chi connectivity index (χ1v) is 15.2. The van der Waals surface area contributed by atoms with Crippen LogP contribution in [-0.4, -0.2) is 63.7 Å². The number of ether oxygens (including phenoxy) is 2. The van der Waals surface area contributed by atoms with Crippen LogP contribution in [0, 0.1) is 0 Å². The van der Waals surface area contributed by atoms with Crippen molar-refractivity contribution >= 4 is 33.2 Å². The summed E-state index contributed by atoms with van der Waals surface area (Å²) >= 11 is 0. The molecule has 0 saturated carbocycles. The fourth-order valence-corrected chi connectivity index (χ4v) is 7.07. The van der Waals surface area contributed by atoms with E-state index in [9.17, 15) is 0 Å². The number of hydrogen-bond donors (Lipinski definition) is 2. The van der Waals surface area contributed by atoms with Gasteiger partial charge in [-0.05, 0) is 96.6 Å². The van der Waals surface area contributed by atoms with Crippen LogP contribution in [-0.2, 0) is 4.74 Å². The number of nitrogens with zero attached hydrogens (tertiary/aromatic N) is 4. The van der Waals surface area contributed by atoms with Crippen LogP contribution in [0.5, 0.6) is 11.5 Å². The Morgan fingerprint density at radius 2 is 1.28 bits per heavy atom.